The molecule has 2 N–H and O–H groups in total. The van der Waals surface area contributed by atoms with Gasteiger partial charge in [0.05, 0.1) is 41.3 Å². The molecule has 2 aromatic carbocycles. The monoisotopic (exact) mass is 413 g/mol. The highest BCUT2D eigenvalue weighted by atomic mass is 16.1. The Labute approximate surface area is 181 Å². The van der Waals surface area contributed by atoms with Gasteiger partial charge in [0.15, 0.2) is 0 Å². The number of benzene rings is 2. The molecule has 0 aliphatic heterocycles. The Morgan fingerprint density at radius 1 is 1.19 bits per heavy atom. The van der Waals surface area contributed by atoms with E-state index in [1.165, 1.54) is 11.3 Å². The van der Waals surface area contributed by atoms with Gasteiger partial charge in [-0.2, -0.15) is 10.2 Å². The summed E-state index contributed by atoms with van der Waals surface area (Å²) in [6.07, 6.45) is 4.00. The zero-order valence-electron chi connectivity index (χ0n) is 18.1. The Balaban J connectivity index is 1.41. The third kappa shape index (κ3) is 3.74. The number of carbonyl (C=O) groups is 1. The third-order valence-electron chi connectivity index (χ3n) is 6.17. The minimum Gasteiger partial charge on any atom is -0.349 e. The van der Waals surface area contributed by atoms with Crippen LogP contribution in [0.4, 0.5) is 0 Å². The first kappa shape index (κ1) is 19.5. The lowest BCUT2D eigenvalue weighted by atomic mass is 9.74. The number of para-hydroxylation sites is 1. The van der Waals surface area contributed by atoms with E-state index in [9.17, 15) is 4.79 Å². The van der Waals surface area contributed by atoms with E-state index in [2.05, 4.69) is 65.6 Å². The molecule has 1 aliphatic carbocycles. The Hall–Kier alpha value is -3.41. The summed E-state index contributed by atoms with van der Waals surface area (Å²) in [6, 6.07) is 16.2. The molecule has 2 aromatic heterocycles. The largest absolute Gasteiger partial charge is 0.349 e. The van der Waals surface area contributed by atoms with Crippen molar-refractivity contribution >= 4 is 16.8 Å². The van der Waals surface area contributed by atoms with Gasteiger partial charge < -0.3 is 5.32 Å². The maximum absolute atomic E-state index is 13.0. The molecule has 158 valence electrons. The van der Waals surface area contributed by atoms with Gasteiger partial charge in [-0.05, 0) is 43.4 Å². The van der Waals surface area contributed by atoms with Crippen LogP contribution in [0.5, 0.6) is 0 Å². The van der Waals surface area contributed by atoms with E-state index in [-0.39, 0.29) is 23.8 Å². The smallest absolute Gasteiger partial charge is 0.226 e. The van der Waals surface area contributed by atoms with E-state index in [0.717, 1.165) is 40.7 Å². The van der Waals surface area contributed by atoms with Crippen LogP contribution < -0.4 is 5.32 Å². The highest BCUT2D eigenvalue weighted by Crippen LogP contribution is 2.41. The van der Waals surface area contributed by atoms with Gasteiger partial charge >= 0.3 is 0 Å². The van der Waals surface area contributed by atoms with Crippen molar-refractivity contribution < 1.29 is 4.79 Å². The predicted molar refractivity (Wildman–Crippen MR) is 121 cm³/mol. The number of hydrogen-bond acceptors (Lipinski definition) is 3. The Bertz CT molecular complexity index is 1250. The molecule has 1 aliphatic rings. The third-order valence-corrected chi connectivity index (χ3v) is 6.17. The average molecular weight is 414 g/mol. The van der Waals surface area contributed by atoms with Gasteiger partial charge in [0.1, 0.15) is 0 Å². The molecule has 0 bridgehead atoms. The summed E-state index contributed by atoms with van der Waals surface area (Å²) in [5, 5.41) is 16.3. The van der Waals surface area contributed by atoms with Crippen molar-refractivity contribution in [2.75, 3.05) is 0 Å². The first-order valence-electron chi connectivity index (χ1n) is 10.7. The highest BCUT2D eigenvalue weighted by Gasteiger charge is 2.36. The van der Waals surface area contributed by atoms with Crippen molar-refractivity contribution in [2.45, 2.75) is 46.1 Å². The minimum atomic E-state index is -0.0559. The zero-order chi connectivity index (χ0) is 21.6. The lowest BCUT2D eigenvalue weighted by Crippen LogP contribution is -2.37. The van der Waals surface area contributed by atoms with Crippen molar-refractivity contribution in [1.82, 2.24) is 25.3 Å². The fraction of sp³-hybridized carbons (Fsp3) is 0.320. The first-order valence-corrected chi connectivity index (χ1v) is 10.7. The molecule has 31 heavy (non-hydrogen) atoms. The van der Waals surface area contributed by atoms with Gasteiger partial charge in [-0.3, -0.25) is 9.89 Å². The second kappa shape index (κ2) is 7.38. The van der Waals surface area contributed by atoms with Crippen LogP contribution in [0.3, 0.4) is 0 Å². The fourth-order valence-electron chi connectivity index (χ4n) is 4.63. The molecule has 1 amide bonds. The van der Waals surface area contributed by atoms with Crippen LogP contribution in [-0.4, -0.2) is 25.9 Å². The maximum Gasteiger partial charge on any atom is 0.226 e. The van der Waals surface area contributed by atoms with Gasteiger partial charge in [0, 0.05) is 10.9 Å². The number of carbonyl (C=O) groups excluding carboxylic acids is 1. The maximum atomic E-state index is 13.0. The standard InChI is InChI=1S/C25H27N5O/c1-16-8-10-17(11-9-16)30-23-14-25(2,3)13-22(19(23)15-26-30)27-24(31)12-21-18-6-4-5-7-20(18)28-29-21/h4-11,15,22H,12-14H2,1-3H3,(H,27,31)(H,28,29). The number of aromatic amines is 1. The summed E-state index contributed by atoms with van der Waals surface area (Å²) >= 11 is 0. The van der Waals surface area contributed by atoms with E-state index in [1.54, 1.807) is 0 Å². The molecule has 0 radical (unpaired) electrons. The second-order valence-electron chi connectivity index (χ2n) is 9.36. The Morgan fingerprint density at radius 2 is 1.97 bits per heavy atom. The van der Waals surface area contributed by atoms with Crippen molar-refractivity contribution in [3.8, 4) is 5.69 Å². The highest BCUT2D eigenvalue weighted by molar-refractivity contribution is 5.87. The van der Waals surface area contributed by atoms with Crippen LogP contribution in [0.25, 0.3) is 16.6 Å². The molecular formula is C25H27N5O. The number of amides is 1. The topological polar surface area (TPSA) is 75.6 Å². The van der Waals surface area contributed by atoms with Gasteiger partial charge in [0.2, 0.25) is 5.91 Å². The first-order chi connectivity index (χ1) is 14.9. The van der Waals surface area contributed by atoms with E-state index >= 15 is 0 Å². The Kier molecular flexibility index (Phi) is 4.65. The number of hydrogen-bond donors (Lipinski definition) is 2. The minimum absolute atomic E-state index is 0.00820. The molecule has 2 heterocycles. The fourth-order valence-corrected chi connectivity index (χ4v) is 4.63. The normalized spacial score (nSPS) is 17.5. The van der Waals surface area contributed by atoms with Crippen LogP contribution in [-0.2, 0) is 17.6 Å². The molecule has 4 aromatic rings. The molecule has 0 fully saturated rings. The molecule has 0 saturated heterocycles. The molecule has 6 heteroatoms. The van der Waals surface area contributed by atoms with Gasteiger partial charge in [-0.1, -0.05) is 49.7 Å². The summed E-state index contributed by atoms with van der Waals surface area (Å²) < 4.78 is 2.03. The quantitative estimate of drug-likeness (QED) is 0.520. The van der Waals surface area contributed by atoms with Crippen LogP contribution in [0.1, 0.15) is 48.8 Å². The van der Waals surface area contributed by atoms with Crippen molar-refractivity contribution in [3.05, 3.63) is 77.2 Å². The SMILES string of the molecule is Cc1ccc(-n2ncc3c2CC(C)(C)CC3NC(=O)Cc2[nH]nc3ccccc23)cc1. The molecule has 5 rings (SSSR count). The lowest BCUT2D eigenvalue weighted by molar-refractivity contribution is -0.121. The van der Waals surface area contributed by atoms with Crippen LogP contribution >= 0.6 is 0 Å². The molecule has 1 atom stereocenters. The lowest BCUT2D eigenvalue weighted by Gasteiger charge is -2.36. The van der Waals surface area contributed by atoms with E-state index in [1.807, 2.05) is 35.1 Å². The number of fused-ring (bicyclic) bond motifs is 2. The van der Waals surface area contributed by atoms with Crippen molar-refractivity contribution in [2.24, 2.45) is 5.41 Å². The summed E-state index contributed by atoms with van der Waals surface area (Å²) in [7, 11) is 0. The van der Waals surface area contributed by atoms with E-state index in [0.29, 0.717) is 0 Å². The summed E-state index contributed by atoms with van der Waals surface area (Å²) in [4.78, 5) is 13.0. The average Bonchev–Trinajstić information content (AvgIpc) is 3.32. The molecule has 0 saturated carbocycles. The number of nitrogens with one attached hydrogen (secondary N) is 2. The number of rotatable bonds is 4. The van der Waals surface area contributed by atoms with Crippen LogP contribution in [0, 0.1) is 12.3 Å². The van der Waals surface area contributed by atoms with Crippen molar-refractivity contribution in [1.29, 1.82) is 0 Å². The number of H-pyrrole nitrogens is 1. The van der Waals surface area contributed by atoms with E-state index < -0.39 is 0 Å². The molecule has 0 spiro atoms. The number of aromatic nitrogens is 4. The van der Waals surface area contributed by atoms with Crippen LogP contribution in [0.2, 0.25) is 0 Å². The summed E-state index contributed by atoms with van der Waals surface area (Å²) in [5.41, 5.74) is 6.36. The van der Waals surface area contributed by atoms with Crippen molar-refractivity contribution in [3.63, 3.8) is 0 Å². The number of nitrogens with zero attached hydrogens (tertiary/aromatic N) is 3. The van der Waals surface area contributed by atoms with Gasteiger partial charge in [-0.15, -0.1) is 0 Å². The summed E-state index contributed by atoms with van der Waals surface area (Å²) in [5.74, 6) is -0.00820. The Morgan fingerprint density at radius 3 is 2.77 bits per heavy atom. The predicted octanol–water partition coefficient (Wildman–Crippen LogP) is 4.43. The molecule has 1 unspecified atom stereocenters. The van der Waals surface area contributed by atoms with Gasteiger partial charge in [-0.25, -0.2) is 4.68 Å². The van der Waals surface area contributed by atoms with Crippen LogP contribution in [0.15, 0.2) is 54.7 Å². The summed E-state index contributed by atoms with van der Waals surface area (Å²) in [6.45, 7) is 6.59. The molecular weight excluding hydrogens is 386 g/mol. The van der Waals surface area contributed by atoms with Gasteiger partial charge in [0.25, 0.3) is 0 Å². The van der Waals surface area contributed by atoms with E-state index in [4.69, 9.17) is 0 Å². The zero-order valence-corrected chi connectivity index (χ0v) is 18.1. The second-order valence-corrected chi connectivity index (χ2v) is 9.36. The molecule has 6 nitrogen and oxygen atoms in total. The number of aryl methyl sites for hydroxylation is 1.